The number of anilines is 1. The topological polar surface area (TPSA) is 53.1 Å². The van der Waals surface area contributed by atoms with Crippen LogP contribution in [0.15, 0.2) is 48.5 Å². The maximum absolute atomic E-state index is 12.9. The van der Waals surface area contributed by atoms with Crippen molar-refractivity contribution in [3.63, 3.8) is 0 Å². The standard InChI is InChI=1S/C23H24F3N3O3/c24-23(25,26)18-5-3-4-17(14-18)15-27-9-11-28(12-10-27)22(31)16-29-19-6-1-2-7-20(19)32-13-8-21(29)30/h1-7,14H,8-13,15-16H2. The highest BCUT2D eigenvalue weighted by atomic mass is 19.4. The molecule has 170 valence electrons. The number of halogens is 3. The van der Waals surface area contributed by atoms with Crippen molar-refractivity contribution in [2.75, 3.05) is 44.2 Å². The molecule has 0 spiro atoms. The summed E-state index contributed by atoms with van der Waals surface area (Å²) in [7, 11) is 0. The van der Waals surface area contributed by atoms with Gasteiger partial charge in [0.25, 0.3) is 0 Å². The van der Waals surface area contributed by atoms with Crippen molar-refractivity contribution in [3.8, 4) is 5.75 Å². The summed E-state index contributed by atoms with van der Waals surface area (Å²) in [4.78, 5) is 30.6. The summed E-state index contributed by atoms with van der Waals surface area (Å²) in [6.45, 7) is 2.62. The lowest BCUT2D eigenvalue weighted by Crippen LogP contribution is -2.51. The van der Waals surface area contributed by atoms with E-state index >= 15 is 0 Å². The van der Waals surface area contributed by atoms with E-state index in [9.17, 15) is 22.8 Å². The highest BCUT2D eigenvalue weighted by Gasteiger charge is 2.31. The van der Waals surface area contributed by atoms with Crippen molar-refractivity contribution >= 4 is 17.5 Å². The van der Waals surface area contributed by atoms with Gasteiger partial charge in [0.15, 0.2) is 0 Å². The number of hydrogen-bond acceptors (Lipinski definition) is 4. The van der Waals surface area contributed by atoms with Gasteiger partial charge in [-0.15, -0.1) is 0 Å². The lowest BCUT2D eigenvalue weighted by molar-refractivity contribution is -0.137. The van der Waals surface area contributed by atoms with E-state index in [2.05, 4.69) is 0 Å². The third-order valence-electron chi connectivity index (χ3n) is 5.71. The van der Waals surface area contributed by atoms with E-state index in [-0.39, 0.29) is 31.4 Å². The Morgan fingerprint density at radius 2 is 1.75 bits per heavy atom. The number of hydrogen-bond donors (Lipinski definition) is 0. The third-order valence-corrected chi connectivity index (χ3v) is 5.71. The molecule has 2 heterocycles. The maximum atomic E-state index is 12.9. The van der Waals surface area contributed by atoms with Gasteiger partial charge in [-0.2, -0.15) is 13.2 Å². The molecule has 1 fully saturated rings. The van der Waals surface area contributed by atoms with Crippen LogP contribution in [0.4, 0.5) is 18.9 Å². The zero-order valence-corrected chi connectivity index (χ0v) is 17.5. The highest BCUT2D eigenvalue weighted by molar-refractivity contribution is 6.00. The van der Waals surface area contributed by atoms with Crippen LogP contribution in [-0.2, 0) is 22.3 Å². The van der Waals surface area contributed by atoms with E-state index in [1.807, 2.05) is 11.0 Å². The van der Waals surface area contributed by atoms with Crippen LogP contribution in [0, 0.1) is 0 Å². The van der Waals surface area contributed by atoms with Gasteiger partial charge in [0, 0.05) is 32.7 Å². The van der Waals surface area contributed by atoms with Gasteiger partial charge < -0.3 is 9.64 Å². The van der Waals surface area contributed by atoms with Gasteiger partial charge in [-0.25, -0.2) is 0 Å². The minimum absolute atomic E-state index is 0.0627. The van der Waals surface area contributed by atoms with E-state index in [0.717, 1.165) is 6.07 Å². The Morgan fingerprint density at radius 3 is 2.50 bits per heavy atom. The first kappa shape index (κ1) is 22.1. The number of benzene rings is 2. The van der Waals surface area contributed by atoms with Crippen molar-refractivity contribution in [2.24, 2.45) is 0 Å². The number of amides is 2. The van der Waals surface area contributed by atoms with Gasteiger partial charge in [-0.1, -0.05) is 30.3 Å². The molecule has 0 bridgehead atoms. The molecule has 0 saturated carbocycles. The monoisotopic (exact) mass is 447 g/mol. The number of piperazine rings is 1. The van der Waals surface area contributed by atoms with Crippen molar-refractivity contribution < 1.29 is 27.5 Å². The number of alkyl halides is 3. The quantitative estimate of drug-likeness (QED) is 0.723. The normalized spacial score (nSPS) is 17.5. The first-order valence-corrected chi connectivity index (χ1v) is 10.5. The van der Waals surface area contributed by atoms with Gasteiger partial charge in [-0.05, 0) is 23.8 Å². The molecule has 2 aliphatic heterocycles. The molecule has 2 aromatic rings. The molecule has 0 atom stereocenters. The van der Waals surface area contributed by atoms with Crippen LogP contribution < -0.4 is 9.64 Å². The van der Waals surface area contributed by atoms with Crippen LogP contribution >= 0.6 is 0 Å². The number of carbonyl (C=O) groups is 2. The summed E-state index contributed by atoms with van der Waals surface area (Å²) in [6, 6.07) is 12.5. The second-order valence-electron chi connectivity index (χ2n) is 7.90. The Bertz CT molecular complexity index is 988. The van der Waals surface area contributed by atoms with Gasteiger partial charge in [0.2, 0.25) is 11.8 Å². The number of fused-ring (bicyclic) bond motifs is 1. The van der Waals surface area contributed by atoms with Crippen LogP contribution in [0.1, 0.15) is 17.5 Å². The molecule has 0 radical (unpaired) electrons. The zero-order valence-electron chi connectivity index (χ0n) is 17.5. The van der Waals surface area contributed by atoms with Crippen molar-refractivity contribution in [2.45, 2.75) is 19.1 Å². The average molecular weight is 447 g/mol. The number of rotatable bonds is 4. The molecule has 2 aliphatic rings. The zero-order chi connectivity index (χ0) is 22.7. The molecule has 9 heteroatoms. The van der Waals surface area contributed by atoms with Crippen LogP contribution in [0.3, 0.4) is 0 Å². The van der Waals surface area contributed by atoms with E-state index in [1.165, 1.54) is 17.0 Å². The molecule has 4 rings (SSSR count). The number of carbonyl (C=O) groups excluding carboxylic acids is 2. The molecule has 0 unspecified atom stereocenters. The van der Waals surface area contributed by atoms with E-state index < -0.39 is 11.7 Å². The first-order chi connectivity index (χ1) is 15.3. The summed E-state index contributed by atoms with van der Waals surface area (Å²) in [5.41, 5.74) is 0.521. The fourth-order valence-corrected chi connectivity index (χ4v) is 3.99. The largest absolute Gasteiger partial charge is 0.491 e. The Balaban J connectivity index is 1.35. The Morgan fingerprint density at radius 1 is 1.00 bits per heavy atom. The molecule has 2 amide bonds. The predicted octanol–water partition coefficient (Wildman–Crippen LogP) is 3.17. The van der Waals surface area contributed by atoms with Crippen molar-refractivity contribution in [1.29, 1.82) is 0 Å². The molecule has 2 aromatic carbocycles. The minimum Gasteiger partial charge on any atom is -0.491 e. The molecule has 6 nitrogen and oxygen atoms in total. The Hall–Kier alpha value is -3.07. The molecule has 32 heavy (non-hydrogen) atoms. The van der Waals surface area contributed by atoms with E-state index in [4.69, 9.17) is 4.74 Å². The van der Waals surface area contributed by atoms with Gasteiger partial charge in [0.1, 0.15) is 12.3 Å². The average Bonchev–Trinajstić information content (AvgIpc) is 2.93. The van der Waals surface area contributed by atoms with Gasteiger partial charge >= 0.3 is 6.18 Å². The highest BCUT2D eigenvalue weighted by Crippen LogP contribution is 2.31. The molecular formula is C23H24F3N3O3. The molecule has 1 saturated heterocycles. The van der Waals surface area contributed by atoms with Crippen LogP contribution in [0.25, 0.3) is 0 Å². The minimum atomic E-state index is -4.37. The molecule has 0 aliphatic carbocycles. The molecule has 0 N–H and O–H groups in total. The van der Waals surface area contributed by atoms with E-state index in [0.29, 0.717) is 49.7 Å². The fraction of sp³-hybridized carbons (Fsp3) is 0.391. The second-order valence-corrected chi connectivity index (χ2v) is 7.90. The smallest absolute Gasteiger partial charge is 0.416 e. The maximum Gasteiger partial charge on any atom is 0.416 e. The summed E-state index contributed by atoms with van der Waals surface area (Å²) < 4.78 is 44.4. The van der Waals surface area contributed by atoms with Gasteiger partial charge in [-0.3, -0.25) is 19.4 Å². The molecular weight excluding hydrogens is 423 g/mol. The van der Waals surface area contributed by atoms with Crippen LogP contribution in [-0.4, -0.2) is 60.9 Å². The summed E-state index contributed by atoms with van der Waals surface area (Å²) >= 11 is 0. The van der Waals surface area contributed by atoms with Crippen molar-refractivity contribution in [3.05, 3.63) is 59.7 Å². The van der Waals surface area contributed by atoms with Crippen LogP contribution in [0.5, 0.6) is 5.75 Å². The lowest BCUT2D eigenvalue weighted by atomic mass is 10.1. The fourth-order valence-electron chi connectivity index (χ4n) is 3.99. The van der Waals surface area contributed by atoms with E-state index in [1.54, 1.807) is 29.2 Å². The van der Waals surface area contributed by atoms with Crippen LogP contribution in [0.2, 0.25) is 0 Å². The third kappa shape index (κ3) is 5.04. The number of para-hydroxylation sites is 2. The number of nitrogens with zero attached hydrogens (tertiary/aromatic N) is 3. The second kappa shape index (κ2) is 9.20. The predicted molar refractivity (Wildman–Crippen MR) is 112 cm³/mol. The lowest BCUT2D eigenvalue weighted by Gasteiger charge is -2.36. The van der Waals surface area contributed by atoms with Crippen molar-refractivity contribution in [1.82, 2.24) is 9.80 Å². The molecule has 0 aromatic heterocycles. The SMILES string of the molecule is O=C(CN1C(=O)CCOc2ccccc21)N1CCN(Cc2cccc(C(F)(F)F)c2)CC1. The Kier molecular flexibility index (Phi) is 6.36. The first-order valence-electron chi connectivity index (χ1n) is 10.5. The van der Waals surface area contributed by atoms with Gasteiger partial charge in [0.05, 0.1) is 24.3 Å². The summed E-state index contributed by atoms with van der Waals surface area (Å²) in [5, 5.41) is 0. The summed E-state index contributed by atoms with van der Waals surface area (Å²) in [5.74, 6) is 0.261. The Labute approximate surface area is 184 Å². The summed E-state index contributed by atoms with van der Waals surface area (Å²) in [6.07, 6.45) is -4.16. The number of ether oxygens (including phenoxy) is 1.